The molecule has 3 aromatic rings. The third-order valence-electron chi connectivity index (χ3n) is 5.99. The van der Waals surface area contributed by atoms with Crippen molar-refractivity contribution < 1.29 is 23.8 Å². The quantitative estimate of drug-likeness (QED) is 0.407. The number of aliphatic hydroxyl groups is 1. The number of Topliss-reactive ketones (excluding diaryl/α,β-unsaturated/α-hetero) is 1. The van der Waals surface area contributed by atoms with E-state index in [1.54, 1.807) is 43.3 Å². The molecule has 0 aliphatic carbocycles. The number of fused-ring (bicyclic) bond motifs is 1. The van der Waals surface area contributed by atoms with E-state index in [9.17, 15) is 14.7 Å². The van der Waals surface area contributed by atoms with Gasteiger partial charge in [-0.25, -0.2) is 4.39 Å². The molecule has 182 valence electrons. The molecule has 4 rings (SSSR count). The molecule has 9 heteroatoms. The Balaban J connectivity index is 1.98. The van der Waals surface area contributed by atoms with Gasteiger partial charge in [-0.2, -0.15) is 0 Å². The molecule has 35 heavy (non-hydrogen) atoms. The lowest BCUT2D eigenvalue weighted by atomic mass is 9.91. The molecule has 2 aromatic carbocycles. The third-order valence-corrected chi connectivity index (χ3v) is 6.47. The molecule has 0 bridgehead atoms. The average molecular weight is 517 g/mol. The minimum atomic E-state index is -1.74. The number of pyridine rings is 1. The monoisotopic (exact) mass is 516 g/mol. The highest BCUT2D eigenvalue weighted by atomic mass is 35.5. The molecule has 0 saturated carbocycles. The maximum atomic E-state index is 15.8. The summed E-state index contributed by atoms with van der Waals surface area (Å²) in [7, 11) is 0. The Hall–Kier alpha value is -2.84. The van der Waals surface area contributed by atoms with E-state index in [0.29, 0.717) is 27.7 Å². The summed E-state index contributed by atoms with van der Waals surface area (Å²) in [6.07, 6.45) is 0.987. The molecular weight excluding hydrogens is 494 g/mol. The van der Waals surface area contributed by atoms with Gasteiger partial charge >= 0.3 is 0 Å². The van der Waals surface area contributed by atoms with Crippen LogP contribution in [0.15, 0.2) is 54.7 Å². The van der Waals surface area contributed by atoms with E-state index in [0.717, 1.165) is 6.07 Å². The minimum absolute atomic E-state index is 0.00472. The zero-order valence-electron chi connectivity index (χ0n) is 19.1. The van der Waals surface area contributed by atoms with Gasteiger partial charge in [0.05, 0.1) is 41.1 Å². The van der Waals surface area contributed by atoms with Crippen molar-refractivity contribution in [2.45, 2.75) is 38.6 Å². The molecule has 1 aliphatic heterocycles. The lowest BCUT2D eigenvalue weighted by molar-refractivity contribution is -0.134. The number of amides is 1. The fraction of sp³-hybridized carbons (Fsp3) is 0.269. The smallest absolute Gasteiger partial charge is 0.257 e. The van der Waals surface area contributed by atoms with Gasteiger partial charge in [0.2, 0.25) is 0 Å². The number of ether oxygens (including phenoxy) is 1. The summed E-state index contributed by atoms with van der Waals surface area (Å²) in [5, 5.41) is 11.2. The maximum absolute atomic E-state index is 15.8. The van der Waals surface area contributed by atoms with Gasteiger partial charge in [0.25, 0.3) is 5.91 Å². The molecule has 1 aromatic heterocycles. The van der Waals surface area contributed by atoms with Gasteiger partial charge in [0.15, 0.2) is 11.5 Å². The van der Waals surface area contributed by atoms with Crippen molar-refractivity contribution in [2.24, 2.45) is 0 Å². The van der Waals surface area contributed by atoms with Crippen LogP contribution in [-0.2, 0) is 17.0 Å². The number of halogens is 3. The first kappa shape index (κ1) is 25.3. The number of nitrogens with zero attached hydrogens (tertiary/aromatic N) is 2. The number of rotatable bonds is 8. The highest BCUT2D eigenvalue weighted by molar-refractivity contribution is 6.30. The fourth-order valence-electron chi connectivity index (χ4n) is 4.14. The topological polar surface area (TPSA) is 79.7 Å². The summed E-state index contributed by atoms with van der Waals surface area (Å²) in [6, 6.07) is 12.3. The Kier molecular flexibility index (Phi) is 7.24. The summed E-state index contributed by atoms with van der Waals surface area (Å²) in [5.74, 6) is -1.69. The molecule has 2 atom stereocenters. The number of hydrogen-bond acceptors (Lipinski definition) is 5. The van der Waals surface area contributed by atoms with Crippen LogP contribution in [-0.4, -0.2) is 39.4 Å². The summed E-state index contributed by atoms with van der Waals surface area (Å²) in [6.45, 7) is 2.86. The van der Waals surface area contributed by atoms with Gasteiger partial charge in [0.1, 0.15) is 5.82 Å². The molecule has 1 amide bonds. The number of carbonyl (C=O) groups excluding carboxylic acids is 2. The van der Waals surface area contributed by atoms with Gasteiger partial charge < -0.3 is 9.84 Å². The van der Waals surface area contributed by atoms with Gasteiger partial charge in [-0.1, -0.05) is 42.3 Å². The lowest BCUT2D eigenvalue weighted by Crippen LogP contribution is -2.48. The van der Waals surface area contributed by atoms with Crippen LogP contribution in [0.5, 0.6) is 0 Å². The van der Waals surface area contributed by atoms with Gasteiger partial charge in [-0.05, 0) is 49.7 Å². The zero-order valence-corrected chi connectivity index (χ0v) is 20.6. The number of aliphatic hydroxyl groups excluding tert-OH is 1. The van der Waals surface area contributed by atoms with E-state index in [4.69, 9.17) is 27.9 Å². The summed E-state index contributed by atoms with van der Waals surface area (Å²) < 4.78 is 22.1. The molecule has 1 N–H and O–H groups in total. The molecule has 0 fully saturated rings. The Morgan fingerprint density at radius 1 is 1.17 bits per heavy atom. The standard InChI is InChI=1S/C26H23Cl2FN2O4/c1-3-21(33)14-35-26(17-4-6-18(27)7-5-17)24-22(10-16(15(2)32)11-23(24)29)25(34)31(26)13-20-9-8-19(28)12-30-20/h4-12,21,33H,3,13-14H2,1-2H3. The van der Waals surface area contributed by atoms with E-state index in [-0.39, 0.29) is 35.6 Å². The molecule has 0 radical (unpaired) electrons. The number of benzene rings is 2. The van der Waals surface area contributed by atoms with Crippen LogP contribution < -0.4 is 0 Å². The molecule has 1 aliphatic rings. The first-order valence-electron chi connectivity index (χ1n) is 11.0. The molecule has 0 saturated heterocycles. The van der Waals surface area contributed by atoms with Crippen molar-refractivity contribution in [2.75, 3.05) is 6.61 Å². The van der Waals surface area contributed by atoms with Crippen molar-refractivity contribution in [3.8, 4) is 0 Å². The summed E-state index contributed by atoms with van der Waals surface area (Å²) in [5.41, 5.74) is -0.785. The van der Waals surface area contributed by atoms with Crippen molar-refractivity contribution in [1.29, 1.82) is 0 Å². The highest BCUT2D eigenvalue weighted by Crippen LogP contribution is 2.48. The molecule has 0 spiro atoms. The van der Waals surface area contributed by atoms with E-state index in [1.807, 2.05) is 0 Å². The molecular formula is C26H23Cl2FN2O4. The first-order chi connectivity index (χ1) is 16.7. The van der Waals surface area contributed by atoms with Crippen molar-refractivity contribution in [3.05, 3.63) is 98.5 Å². The number of aromatic nitrogens is 1. The Morgan fingerprint density at radius 2 is 1.86 bits per heavy atom. The summed E-state index contributed by atoms with van der Waals surface area (Å²) in [4.78, 5) is 31.5. The predicted molar refractivity (Wildman–Crippen MR) is 130 cm³/mol. The van der Waals surface area contributed by atoms with Gasteiger partial charge in [-0.15, -0.1) is 0 Å². The Bertz CT molecular complexity index is 1270. The largest absolute Gasteiger partial charge is 0.391 e. The fourth-order valence-corrected chi connectivity index (χ4v) is 4.37. The Morgan fingerprint density at radius 3 is 2.46 bits per heavy atom. The van der Waals surface area contributed by atoms with E-state index >= 15 is 4.39 Å². The minimum Gasteiger partial charge on any atom is -0.391 e. The second kappa shape index (κ2) is 10.0. The van der Waals surface area contributed by atoms with Crippen molar-refractivity contribution in [3.63, 3.8) is 0 Å². The number of hydrogen-bond donors (Lipinski definition) is 1. The highest BCUT2D eigenvalue weighted by Gasteiger charge is 2.54. The van der Waals surface area contributed by atoms with Crippen LogP contribution in [0.25, 0.3) is 0 Å². The second-order valence-electron chi connectivity index (χ2n) is 8.32. The van der Waals surface area contributed by atoms with Crippen LogP contribution in [0.2, 0.25) is 10.0 Å². The molecule has 2 heterocycles. The van der Waals surface area contributed by atoms with Crippen LogP contribution in [0.3, 0.4) is 0 Å². The van der Waals surface area contributed by atoms with E-state index in [1.165, 1.54) is 24.1 Å². The SMILES string of the molecule is CCC(O)COC1(c2ccc(Cl)cc2)c2c(F)cc(C(C)=O)cc2C(=O)N1Cc1ccc(Cl)cn1. The van der Waals surface area contributed by atoms with Crippen LogP contribution >= 0.6 is 23.2 Å². The van der Waals surface area contributed by atoms with Crippen LogP contribution in [0.1, 0.15) is 57.8 Å². The normalized spacial score (nSPS) is 18.0. The van der Waals surface area contributed by atoms with Gasteiger partial charge in [0, 0.05) is 22.3 Å². The first-order valence-corrected chi connectivity index (χ1v) is 11.8. The third kappa shape index (κ3) is 4.69. The van der Waals surface area contributed by atoms with Crippen molar-refractivity contribution >= 4 is 34.9 Å². The maximum Gasteiger partial charge on any atom is 0.257 e. The van der Waals surface area contributed by atoms with E-state index < -0.39 is 23.6 Å². The molecule has 2 unspecified atom stereocenters. The van der Waals surface area contributed by atoms with Crippen LogP contribution in [0.4, 0.5) is 4.39 Å². The van der Waals surface area contributed by atoms with E-state index in [2.05, 4.69) is 4.98 Å². The summed E-state index contributed by atoms with van der Waals surface area (Å²) >= 11 is 12.1. The lowest BCUT2D eigenvalue weighted by Gasteiger charge is -2.40. The Labute approximate surface area is 212 Å². The van der Waals surface area contributed by atoms with Crippen LogP contribution in [0, 0.1) is 5.82 Å². The average Bonchev–Trinajstić information content (AvgIpc) is 3.08. The van der Waals surface area contributed by atoms with Crippen molar-refractivity contribution in [1.82, 2.24) is 9.88 Å². The molecule has 6 nitrogen and oxygen atoms in total. The predicted octanol–water partition coefficient (Wildman–Crippen LogP) is 5.37. The number of ketones is 1. The number of carbonyl (C=O) groups is 2. The zero-order chi connectivity index (χ0) is 25.3. The van der Waals surface area contributed by atoms with Gasteiger partial charge in [-0.3, -0.25) is 19.5 Å². The second-order valence-corrected chi connectivity index (χ2v) is 9.19.